The van der Waals surface area contributed by atoms with Gasteiger partial charge in [-0.3, -0.25) is 4.79 Å². The molecular weight excluding hydrogens is 295 g/mol. The molecule has 0 aromatic heterocycles. The lowest BCUT2D eigenvalue weighted by atomic mass is 10.1. The minimum atomic E-state index is -0.170. The highest BCUT2D eigenvalue weighted by molar-refractivity contribution is 7.99. The van der Waals surface area contributed by atoms with Crippen molar-refractivity contribution in [1.82, 2.24) is 0 Å². The number of unbranched alkanes of at least 4 members (excludes halogenated alkanes) is 2. The van der Waals surface area contributed by atoms with Crippen molar-refractivity contribution in [1.29, 1.82) is 0 Å². The van der Waals surface area contributed by atoms with E-state index in [1.165, 1.54) is 41.0 Å². The number of hydrogen-bond donors (Lipinski definition) is 0. The van der Waals surface area contributed by atoms with Gasteiger partial charge in [0.05, 0.1) is 0 Å². The van der Waals surface area contributed by atoms with Gasteiger partial charge in [0.25, 0.3) is 0 Å². The van der Waals surface area contributed by atoms with E-state index < -0.39 is 0 Å². The van der Waals surface area contributed by atoms with Crippen molar-refractivity contribution >= 4 is 18.0 Å². The molecule has 2 aromatic carbocycles. The zero-order valence-electron chi connectivity index (χ0n) is 12.8. The van der Waals surface area contributed by atoms with Crippen LogP contribution in [-0.2, 0) is 6.42 Å². The second kappa shape index (κ2) is 8.74. The lowest BCUT2D eigenvalue weighted by Gasteiger charge is -2.06. The highest BCUT2D eigenvalue weighted by Crippen LogP contribution is 2.24. The van der Waals surface area contributed by atoms with Gasteiger partial charge >= 0.3 is 0 Å². The Labute approximate surface area is 135 Å². The summed E-state index contributed by atoms with van der Waals surface area (Å²) in [7, 11) is 0. The van der Waals surface area contributed by atoms with Crippen LogP contribution in [0.2, 0.25) is 0 Å². The van der Waals surface area contributed by atoms with Crippen LogP contribution in [-0.4, -0.2) is 12.0 Å². The average Bonchev–Trinajstić information content (AvgIpc) is 2.53. The Hall–Kier alpha value is -1.61. The first-order valence-electron chi connectivity index (χ1n) is 7.62. The first kappa shape index (κ1) is 16.8. The van der Waals surface area contributed by atoms with Gasteiger partial charge in [-0.05, 0) is 67.3 Å². The molecule has 0 aliphatic carbocycles. The minimum absolute atomic E-state index is 0.170. The van der Waals surface area contributed by atoms with Gasteiger partial charge < -0.3 is 0 Å². The third kappa shape index (κ3) is 5.30. The molecule has 0 bridgehead atoms. The molecule has 2 rings (SSSR count). The fourth-order valence-corrected chi connectivity index (χ4v) is 3.37. The molecule has 0 spiro atoms. The van der Waals surface area contributed by atoms with Crippen LogP contribution >= 0.6 is 11.8 Å². The van der Waals surface area contributed by atoms with Crippen LogP contribution in [0.25, 0.3) is 0 Å². The predicted molar refractivity (Wildman–Crippen MR) is 91.2 cm³/mol. The number of aldehydes is 1. The number of thioether (sulfide) groups is 1. The van der Waals surface area contributed by atoms with Gasteiger partial charge in [-0.2, -0.15) is 0 Å². The van der Waals surface area contributed by atoms with Crippen LogP contribution in [0.1, 0.15) is 40.7 Å². The topological polar surface area (TPSA) is 17.1 Å². The molecule has 0 N–H and O–H groups in total. The van der Waals surface area contributed by atoms with E-state index in [9.17, 15) is 9.18 Å². The molecule has 2 aromatic rings. The van der Waals surface area contributed by atoms with Crippen LogP contribution in [0.3, 0.4) is 0 Å². The molecule has 1 nitrogen and oxygen atoms in total. The number of halogens is 1. The summed E-state index contributed by atoms with van der Waals surface area (Å²) >= 11 is 1.85. The van der Waals surface area contributed by atoms with E-state index in [0.717, 1.165) is 30.4 Å². The maximum absolute atomic E-state index is 12.8. The van der Waals surface area contributed by atoms with E-state index in [1.807, 2.05) is 49.0 Å². The quantitative estimate of drug-likeness (QED) is 0.366. The smallest absolute Gasteiger partial charge is 0.150 e. The van der Waals surface area contributed by atoms with E-state index in [2.05, 4.69) is 0 Å². The summed E-state index contributed by atoms with van der Waals surface area (Å²) in [6.45, 7) is 2.05. The van der Waals surface area contributed by atoms with Gasteiger partial charge in [-0.15, -0.1) is 11.8 Å². The van der Waals surface area contributed by atoms with E-state index in [0.29, 0.717) is 0 Å². The van der Waals surface area contributed by atoms with Crippen molar-refractivity contribution in [3.63, 3.8) is 0 Å². The highest BCUT2D eigenvalue weighted by atomic mass is 32.2. The first-order chi connectivity index (χ1) is 10.7. The van der Waals surface area contributed by atoms with Gasteiger partial charge in [0.2, 0.25) is 0 Å². The Balaban J connectivity index is 1.65. The van der Waals surface area contributed by atoms with Crippen molar-refractivity contribution < 1.29 is 9.18 Å². The molecule has 0 amide bonds. The normalized spacial score (nSPS) is 10.6. The maximum Gasteiger partial charge on any atom is 0.150 e. The molecule has 0 radical (unpaired) electrons. The van der Waals surface area contributed by atoms with Crippen molar-refractivity contribution in [2.24, 2.45) is 0 Å². The van der Waals surface area contributed by atoms with E-state index >= 15 is 0 Å². The summed E-state index contributed by atoms with van der Waals surface area (Å²) in [5, 5.41) is 0. The second-order valence-corrected chi connectivity index (χ2v) is 6.57. The summed E-state index contributed by atoms with van der Waals surface area (Å²) < 4.78 is 12.8. The minimum Gasteiger partial charge on any atom is -0.298 e. The maximum atomic E-state index is 12.8. The SMILES string of the molecule is Cc1cc(C=O)ccc1SCCCCCc1ccc(F)cc1. The third-order valence-corrected chi connectivity index (χ3v) is 4.88. The van der Waals surface area contributed by atoms with Crippen LogP contribution in [0.5, 0.6) is 0 Å². The molecule has 116 valence electrons. The molecule has 0 atom stereocenters. The number of carbonyl (C=O) groups is 1. The molecule has 3 heteroatoms. The third-order valence-electron chi connectivity index (χ3n) is 3.62. The second-order valence-electron chi connectivity index (χ2n) is 5.43. The Morgan fingerprint density at radius 3 is 2.50 bits per heavy atom. The summed E-state index contributed by atoms with van der Waals surface area (Å²) in [6.07, 6.45) is 5.38. The Kier molecular flexibility index (Phi) is 6.66. The van der Waals surface area contributed by atoms with E-state index in [1.54, 1.807) is 0 Å². The van der Waals surface area contributed by atoms with Gasteiger partial charge in [0.15, 0.2) is 0 Å². The molecular formula is C19H21FOS. The molecule has 0 saturated heterocycles. The van der Waals surface area contributed by atoms with Crippen molar-refractivity contribution in [2.45, 2.75) is 37.5 Å². The molecule has 0 fully saturated rings. The zero-order chi connectivity index (χ0) is 15.8. The monoisotopic (exact) mass is 316 g/mol. The predicted octanol–water partition coefficient (Wildman–Crippen LogP) is 5.45. The van der Waals surface area contributed by atoms with Crippen LogP contribution in [0, 0.1) is 12.7 Å². The summed E-state index contributed by atoms with van der Waals surface area (Å²) in [5.74, 6) is 0.918. The number of benzene rings is 2. The Morgan fingerprint density at radius 1 is 1.05 bits per heavy atom. The fourth-order valence-electron chi connectivity index (χ4n) is 2.35. The fraction of sp³-hybridized carbons (Fsp3) is 0.316. The van der Waals surface area contributed by atoms with Gasteiger partial charge in [0, 0.05) is 10.5 Å². The van der Waals surface area contributed by atoms with E-state index in [4.69, 9.17) is 0 Å². The Bertz CT molecular complexity index is 607. The largest absolute Gasteiger partial charge is 0.298 e. The van der Waals surface area contributed by atoms with Gasteiger partial charge in [0.1, 0.15) is 12.1 Å². The van der Waals surface area contributed by atoms with Gasteiger partial charge in [-0.1, -0.05) is 24.6 Å². The summed E-state index contributed by atoms with van der Waals surface area (Å²) in [6, 6.07) is 12.6. The number of aryl methyl sites for hydroxylation is 2. The summed E-state index contributed by atoms with van der Waals surface area (Å²) in [5.41, 5.74) is 3.11. The molecule has 0 heterocycles. The number of carbonyl (C=O) groups excluding carboxylic acids is 1. The molecule has 0 saturated carbocycles. The van der Waals surface area contributed by atoms with Crippen molar-refractivity contribution in [3.05, 3.63) is 65.0 Å². The zero-order valence-corrected chi connectivity index (χ0v) is 13.7. The standard InChI is InChI=1S/C19H21FOS/c1-15-13-17(14-21)8-11-19(15)22-12-4-2-3-5-16-6-9-18(20)10-7-16/h6-11,13-14H,2-5,12H2,1H3. The average molecular weight is 316 g/mol. The Morgan fingerprint density at radius 2 is 1.82 bits per heavy atom. The lowest BCUT2D eigenvalue weighted by molar-refractivity contribution is 0.112. The van der Waals surface area contributed by atoms with Crippen LogP contribution in [0.4, 0.5) is 4.39 Å². The van der Waals surface area contributed by atoms with E-state index in [-0.39, 0.29) is 5.82 Å². The molecule has 0 aliphatic rings. The summed E-state index contributed by atoms with van der Waals surface area (Å²) in [4.78, 5) is 12.0. The molecule has 0 unspecified atom stereocenters. The molecule has 22 heavy (non-hydrogen) atoms. The number of rotatable bonds is 8. The van der Waals surface area contributed by atoms with Crippen molar-refractivity contribution in [3.8, 4) is 0 Å². The number of hydrogen-bond acceptors (Lipinski definition) is 2. The van der Waals surface area contributed by atoms with Crippen LogP contribution in [0.15, 0.2) is 47.4 Å². The van der Waals surface area contributed by atoms with Gasteiger partial charge in [-0.25, -0.2) is 4.39 Å². The van der Waals surface area contributed by atoms with Crippen molar-refractivity contribution in [2.75, 3.05) is 5.75 Å². The van der Waals surface area contributed by atoms with Crippen LogP contribution < -0.4 is 0 Å². The first-order valence-corrected chi connectivity index (χ1v) is 8.60. The highest BCUT2D eigenvalue weighted by Gasteiger charge is 2.01. The lowest BCUT2D eigenvalue weighted by Crippen LogP contribution is -1.89. The molecule has 0 aliphatic heterocycles.